The van der Waals surface area contributed by atoms with E-state index in [-0.39, 0.29) is 24.0 Å². The molecule has 96 valence electrons. The van der Waals surface area contributed by atoms with Gasteiger partial charge in [-0.1, -0.05) is 20.8 Å². The average molecular weight is 247 g/mol. The molecule has 0 N–H and O–H groups in total. The summed E-state index contributed by atoms with van der Waals surface area (Å²) in [4.78, 5) is 11.7. The second kappa shape index (κ2) is 5.63. The Morgan fingerprint density at radius 3 is 2.44 bits per heavy atom. The summed E-state index contributed by atoms with van der Waals surface area (Å²) in [6.45, 7) is 8.13. The molecule has 0 spiro atoms. The number of aromatic nitrogens is 1. The molecule has 0 bridgehead atoms. The number of carbonyl (C=O) groups is 1. The zero-order valence-electron chi connectivity index (χ0n) is 11.3. The highest BCUT2D eigenvalue weighted by atomic mass is 16.5. The molecule has 0 fully saturated rings. The van der Waals surface area contributed by atoms with Crippen molar-refractivity contribution in [3.8, 4) is 6.07 Å². The zero-order chi connectivity index (χ0) is 13.8. The van der Waals surface area contributed by atoms with Crippen LogP contribution in [0.4, 0.5) is 0 Å². The predicted octanol–water partition coefficient (Wildman–Crippen LogP) is 1.82. The second-order valence-electron chi connectivity index (χ2n) is 5.37. The summed E-state index contributed by atoms with van der Waals surface area (Å²) >= 11 is 0. The fraction of sp³-hybridized carbons (Fsp3) is 0.500. The maximum atomic E-state index is 11.7. The van der Waals surface area contributed by atoms with Crippen LogP contribution < -0.4 is 4.57 Å². The number of pyridine rings is 1. The van der Waals surface area contributed by atoms with Crippen LogP contribution in [0.1, 0.15) is 33.3 Å². The Kier molecular flexibility index (Phi) is 4.43. The van der Waals surface area contributed by atoms with E-state index in [0.29, 0.717) is 5.56 Å². The summed E-state index contributed by atoms with van der Waals surface area (Å²) in [6.07, 6.45) is 3.26. The third kappa shape index (κ3) is 4.17. The van der Waals surface area contributed by atoms with E-state index in [0.717, 1.165) is 0 Å². The first-order valence-electron chi connectivity index (χ1n) is 5.91. The Morgan fingerprint density at radius 2 is 2.00 bits per heavy atom. The lowest BCUT2D eigenvalue weighted by Gasteiger charge is -2.26. The van der Waals surface area contributed by atoms with E-state index in [1.54, 1.807) is 29.1 Å². The van der Waals surface area contributed by atoms with Crippen LogP contribution in [0.25, 0.3) is 0 Å². The topological polar surface area (TPSA) is 54.0 Å². The summed E-state index contributed by atoms with van der Waals surface area (Å²) in [7, 11) is 0. The van der Waals surface area contributed by atoms with Crippen LogP contribution in [0.15, 0.2) is 24.5 Å². The van der Waals surface area contributed by atoms with Crippen LogP contribution in [0, 0.1) is 16.7 Å². The highest BCUT2D eigenvalue weighted by Gasteiger charge is 2.24. The molecule has 0 amide bonds. The number of hydrogen-bond acceptors (Lipinski definition) is 3. The Labute approximate surface area is 108 Å². The molecule has 0 saturated carbocycles. The first-order chi connectivity index (χ1) is 8.32. The Hall–Kier alpha value is -1.89. The lowest BCUT2D eigenvalue weighted by Crippen LogP contribution is -2.40. The van der Waals surface area contributed by atoms with Crippen molar-refractivity contribution in [1.29, 1.82) is 5.26 Å². The van der Waals surface area contributed by atoms with Gasteiger partial charge in [-0.2, -0.15) is 9.83 Å². The third-order valence-electron chi connectivity index (χ3n) is 2.86. The fourth-order valence-electron chi connectivity index (χ4n) is 1.20. The van der Waals surface area contributed by atoms with Gasteiger partial charge in [0.05, 0.1) is 11.6 Å². The van der Waals surface area contributed by atoms with Crippen molar-refractivity contribution >= 4 is 5.97 Å². The summed E-state index contributed by atoms with van der Waals surface area (Å²) in [5.74, 6) is -0.271. The second-order valence-corrected chi connectivity index (χ2v) is 5.37. The average Bonchev–Trinajstić information content (AvgIpc) is 2.28. The largest absolute Gasteiger partial charge is 0.457 e. The molecule has 1 aromatic heterocycles. The Balaban J connectivity index is 2.57. The minimum absolute atomic E-state index is 0.0645. The van der Waals surface area contributed by atoms with E-state index >= 15 is 0 Å². The van der Waals surface area contributed by atoms with Gasteiger partial charge in [-0.3, -0.25) is 0 Å². The summed E-state index contributed by atoms with van der Waals surface area (Å²) in [5.41, 5.74) is 0.507. The molecule has 0 aromatic carbocycles. The van der Waals surface area contributed by atoms with E-state index in [4.69, 9.17) is 10.00 Å². The van der Waals surface area contributed by atoms with Crippen molar-refractivity contribution in [2.24, 2.45) is 5.41 Å². The first-order valence-corrected chi connectivity index (χ1v) is 5.91. The quantitative estimate of drug-likeness (QED) is 0.605. The summed E-state index contributed by atoms with van der Waals surface area (Å²) < 4.78 is 7.04. The van der Waals surface area contributed by atoms with E-state index in [1.165, 1.54) is 0 Å². The normalized spacial score (nSPS) is 12.6. The van der Waals surface area contributed by atoms with Crippen molar-refractivity contribution < 1.29 is 14.1 Å². The number of hydrogen-bond donors (Lipinski definition) is 0. The summed E-state index contributed by atoms with van der Waals surface area (Å²) in [5, 5.41) is 8.67. The van der Waals surface area contributed by atoms with Gasteiger partial charge in [-0.15, -0.1) is 0 Å². The molecule has 1 rings (SSSR count). The van der Waals surface area contributed by atoms with Crippen LogP contribution >= 0.6 is 0 Å². The predicted molar refractivity (Wildman–Crippen MR) is 66.4 cm³/mol. The number of nitriles is 1. The summed E-state index contributed by atoms with van der Waals surface area (Å²) in [6, 6.07) is 5.36. The first kappa shape index (κ1) is 14.2. The van der Waals surface area contributed by atoms with Gasteiger partial charge in [0.1, 0.15) is 6.10 Å². The van der Waals surface area contributed by atoms with Gasteiger partial charge >= 0.3 is 5.97 Å². The van der Waals surface area contributed by atoms with Gasteiger partial charge < -0.3 is 4.74 Å². The van der Waals surface area contributed by atoms with Gasteiger partial charge in [0.25, 0.3) is 0 Å². The molecule has 18 heavy (non-hydrogen) atoms. The van der Waals surface area contributed by atoms with Crippen LogP contribution in [0.2, 0.25) is 0 Å². The molecule has 1 atom stereocenters. The lowest BCUT2D eigenvalue weighted by molar-refractivity contribution is -0.686. The van der Waals surface area contributed by atoms with Gasteiger partial charge in [0, 0.05) is 12.1 Å². The van der Waals surface area contributed by atoms with Crippen molar-refractivity contribution in [3.05, 3.63) is 30.1 Å². The molecule has 4 nitrogen and oxygen atoms in total. The molecule has 0 unspecified atom stereocenters. The maximum absolute atomic E-state index is 11.7. The number of nitrogens with zero attached hydrogens (tertiary/aromatic N) is 2. The van der Waals surface area contributed by atoms with Crippen LogP contribution in [0.5, 0.6) is 0 Å². The van der Waals surface area contributed by atoms with Crippen LogP contribution in [-0.2, 0) is 16.1 Å². The highest BCUT2D eigenvalue weighted by molar-refractivity contribution is 5.67. The van der Waals surface area contributed by atoms with Gasteiger partial charge in [-0.25, -0.2) is 4.79 Å². The molecule has 1 heterocycles. The Morgan fingerprint density at radius 1 is 1.44 bits per heavy atom. The number of ether oxygens (including phenoxy) is 1. The maximum Gasteiger partial charge on any atom is 0.372 e. The number of carbonyl (C=O) groups excluding carboxylic acids is 1. The van der Waals surface area contributed by atoms with E-state index < -0.39 is 0 Å². The van der Waals surface area contributed by atoms with Crippen LogP contribution in [-0.4, -0.2) is 12.1 Å². The highest BCUT2D eigenvalue weighted by Crippen LogP contribution is 2.21. The minimum atomic E-state index is -0.271. The van der Waals surface area contributed by atoms with E-state index in [1.807, 2.05) is 33.8 Å². The van der Waals surface area contributed by atoms with E-state index in [9.17, 15) is 4.79 Å². The van der Waals surface area contributed by atoms with Crippen LogP contribution in [0.3, 0.4) is 0 Å². The van der Waals surface area contributed by atoms with Gasteiger partial charge in [0.2, 0.25) is 6.54 Å². The lowest BCUT2D eigenvalue weighted by atomic mass is 9.90. The smallest absolute Gasteiger partial charge is 0.372 e. The molecule has 0 aliphatic heterocycles. The standard InChI is InChI=1S/C14H19N2O2/c1-11(14(2,3)4)18-13(17)10-16-7-5-12(9-15)6-8-16/h5-8,11H,10H2,1-4H3/q+1/t11-/m1/s1. The fourth-order valence-corrected chi connectivity index (χ4v) is 1.20. The molecule has 0 radical (unpaired) electrons. The third-order valence-corrected chi connectivity index (χ3v) is 2.86. The molecular formula is C14H19N2O2+. The number of esters is 1. The molecule has 4 heteroatoms. The van der Waals surface area contributed by atoms with Crippen molar-refractivity contribution in [2.75, 3.05) is 0 Å². The van der Waals surface area contributed by atoms with Gasteiger partial charge in [0.15, 0.2) is 12.4 Å². The number of rotatable bonds is 3. The van der Waals surface area contributed by atoms with Gasteiger partial charge in [-0.05, 0) is 12.3 Å². The minimum Gasteiger partial charge on any atom is -0.457 e. The molecule has 0 aliphatic carbocycles. The SMILES string of the molecule is C[C@@H](OC(=O)C[n+]1ccc(C#N)cc1)C(C)(C)C. The van der Waals surface area contributed by atoms with E-state index in [2.05, 4.69) is 0 Å². The van der Waals surface area contributed by atoms with Crippen molar-refractivity contribution in [2.45, 2.75) is 40.3 Å². The Bertz CT molecular complexity index is 452. The molecule has 0 saturated heterocycles. The molecule has 0 aliphatic rings. The molecular weight excluding hydrogens is 228 g/mol. The zero-order valence-corrected chi connectivity index (χ0v) is 11.3. The van der Waals surface area contributed by atoms with Crippen molar-refractivity contribution in [3.63, 3.8) is 0 Å². The monoisotopic (exact) mass is 247 g/mol. The van der Waals surface area contributed by atoms with Crippen molar-refractivity contribution in [1.82, 2.24) is 0 Å². The molecule has 1 aromatic rings.